The molecule has 1 unspecified atom stereocenters. The van der Waals surface area contributed by atoms with Gasteiger partial charge in [0.2, 0.25) is 0 Å². The van der Waals surface area contributed by atoms with Gasteiger partial charge in [-0.3, -0.25) is 9.78 Å². The molecule has 3 rings (SSSR count). The second kappa shape index (κ2) is 7.35. The Morgan fingerprint density at radius 1 is 1.40 bits per heavy atom. The van der Waals surface area contributed by atoms with Crippen molar-refractivity contribution >= 4 is 28.2 Å². The van der Waals surface area contributed by atoms with Crippen molar-refractivity contribution in [2.75, 3.05) is 5.32 Å². The molecule has 2 aromatic heterocycles. The Bertz CT molecular complexity index is 783. The molecule has 0 aliphatic heterocycles. The highest BCUT2D eigenvalue weighted by atomic mass is 32.1. The third-order valence-corrected chi connectivity index (χ3v) is 5.38. The fourth-order valence-corrected chi connectivity index (χ4v) is 4.39. The molecule has 0 saturated carbocycles. The van der Waals surface area contributed by atoms with Crippen molar-refractivity contribution in [3.05, 3.63) is 46.1 Å². The van der Waals surface area contributed by atoms with Crippen LogP contribution in [0.5, 0.6) is 0 Å². The van der Waals surface area contributed by atoms with Gasteiger partial charge in [-0.1, -0.05) is 6.92 Å². The van der Waals surface area contributed by atoms with E-state index in [1.165, 1.54) is 22.4 Å². The van der Waals surface area contributed by atoms with Crippen LogP contribution in [-0.4, -0.2) is 23.0 Å². The first kappa shape index (κ1) is 17.6. The van der Waals surface area contributed by atoms with Crippen LogP contribution in [0, 0.1) is 5.92 Å². The maximum absolute atomic E-state index is 12.6. The minimum Gasteiger partial charge on any atom is -0.459 e. The van der Waals surface area contributed by atoms with E-state index in [4.69, 9.17) is 4.74 Å². The van der Waals surface area contributed by atoms with Crippen molar-refractivity contribution < 1.29 is 14.3 Å². The molecule has 2 heterocycles. The number of carbonyl (C=O) groups is 2. The number of hydrogen-bond acceptors (Lipinski definition) is 5. The van der Waals surface area contributed by atoms with Gasteiger partial charge in [0.1, 0.15) is 5.00 Å². The van der Waals surface area contributed by atoms with Crippen LogP contribution in [0.2, 0.25) is 0 Å². The first-order chi connectivity index (χ1) is 12.0. The van der Waals surface area contributed by atoms with Crippen LogP contribution in [0.3, 0.4) is 0 Å². The molecule has 1 aliphatic rings. The predicted octanol–water partition coefficient (Wildman–Crippen LogP) is 4.09. The maximum Gasteiger partial charge on any atom is 0.341 e. The van der Waals surface area contributed by atoms with Gasteiger partial charge in [0.25, 0.3) is 5.91 Å². The summed E-state index contributed by atoms with van der Waals surface area (Å²) in [5.74, 6) is -0.0381. The monoisotopic (exact) mass is 358 g/mol. The summed E-state index contributed by atoms with van der Waals surface area (Å²) in [5, 5.41) is 3.47. The average molecular weight is 358 g/mol. The van der Waals surface area contributed by atoms with E-state index in [1.54, 1.807) is 18.3 Å². The quantitative estimate of drug-likeness (QED) is 0.836. The van der Waals surface area contributed by atoms with Crippen LogP contribution in [0.4, 0.5) is 5.00 Å². The van der Waals surface area contributed by atoms with Gasteiger partial charge in [-0.15, -0.1) is 11.3 Å². The molecule has 1 aliphatic carbocycles. The third-order valence-electron chi connectivity index (χ3n) is 4.21. The summed E-state index contributed by atoms with van der Waals surface area (Å²) in [6.07, 6.45) is 5.75. The number of esters is 1. The van der Waals surface area contributed by atoms with Gasteiger partial charge < -0.3 is 10.1 Å². The SMILES string of the molecule is CC1CCc2c(sc(NC(=O)c3cccnc3)c2C(=O)OC(C)C)C1. The van der Waals surface area contributed by atoms with Crippen LogP contribution in [0.15, 0.2) is 24.5 Å². The van der Waals surface area contributed by atoms with Gasteiger partial charge in [0.15, 0.2) is 0 Å². The number of anilines is 1. The van der Waals surface area contributed by atoms with Gasteiger partial charge in [-0.2, -0.15) is 0 Å². The Balaban J connectivity index is 1.94. The molecule has 1 atom stereocenters. The largest absolute Gasteiger partial charge is 0.459 e. The molecule has 0 spiro atoms. The van der Waals surface area contributed by atoms with Crippen molar-refractivity contribution in [3.63, 3.8) is 0 Å². The fourth-order valence-electron chi connectivity index (χ4n) is 3.00. The van der Waals surface area contributed by atoms with Crippen LogP contribution in [-0.2, 0) is 17.6 Å². The zero-order valence-electron chi connectivity index (χ0n) is 14.7. The number of nitrogens with one attached hydrogen (secondary N) is 1. The fraction of sp³-hybridized carbons (Fsp3) is 0.421. The lowest BCUT2D eigenvalue weighted by atomic mass is 9.88. The van der Waals surface area contributed by atoms with E-state index in [2.05, 4.69) is 17.2 Å². The highest BCUT2D eigenvalue weighted by molar-refractivity contribution is 7.17. The summed E-state index contributed by atoms with van der Waals surface area (Å²) >= 11 is 1.49. The van der Waals surface area contributed by atoms with Crippen LogP contribution in [0.1, 0.15) is 58.3 Å². The van der Waals surface area contributed by atoms with Gasteiger partial charge >= 0.3 is 5.97 Å². The molecule has 0 bridgehead atoms. The van der Waals surface area contributed by atoms with E-state index in [9.17, 15) is 9.59 Å². The lowest BCUT2D eigenvalue weighted by Gasteiger charge is -2.18. The smallest absolute Gasteiger partial charge is 0.341 e. The molecule has 0 radical (unpaired) electrons. The standard InChI is InChI=1S/C19H22N2O3S/c1-11(2)24-19(23)16-14-7-6-12(3)9-15(14)25-18(16)21-17(22)13-5-4-8-20-10-13/h4-5,8,10-12H,6-7,9H2,1-3H3,(H,21,22). The summed E-state index contributed by atoms with van der Waals surface area (Å²) in [6.45, 7) is 5.86. The Morgan fingerprint density at radius 2 is 2.20 bits per heavy atom. The molecule has 1 N–H and O–H groups in total. The van der Waals surface area contributed by atoms with E-state index in [0.29, 0.717) is 22.0 Å². The number of hydrogen-bond donors (Lipinski definition) is 1. The highest BCUT2D eigenvalue weighted by Gasteiger charge is 2.29. The van der Waals surface area contributed by atoms with Gasteiger partial charge in [0.05, 0.1) is 17.2 Å². The number of ether oxygens (including phenoxy) is 1. The first-order valence-corrected chi connectivity index (χ1v) is 9.34. The molecule has 0 fully saturated rings. The normalized spacial score (nSPS) is 16.4. The zero-order valence-corrected chi connectivity index (χ0v) is 15.5. The highest BCUT2D eigenvalue weighted by Crippen LogP contribution is 2.40. The lowest BCUT2D eigenvalue weighted by molar-refractivity contribution is 0.0378. The molecule has 5 nitrogen and oxygen atoms in total. The number of fused-ring (bicyclic) bond motifs is 1. The molecule has 6 heteroatoms. The van der Waals surface area contributed by atoms with Crippen molar-refractivity contribution in [2.45, 2.75) is 46.1 Å². The first-order valence-electron chi connectivity index (χ1n) is 8.52. The minimum absolute atomic E-state index is 0.201. The number of aromatic nitrogens is 1. The molecular weight excluding hydrogens is 336 g/mol. The van der Waals surface area contributed by atoms with Crippen LogP contribution >= 0.6 is 11.3 Å². The number of thiophene rings is 1. The van der Waals surface area contributed by atoms with Gasteiger partial charge in [-0.25, -0.2) is 4.79 Å². The molecule has 2 aromatic rings. The van der Waals surface area contributed by atoms with Crippen molar-refractivity contribution in [1.29, 1.82) is 0 Å². The topological polar surface area (TPSA) is 68.3 Å². The Labute approximate surface area is 151 Å². The van der Waals surface area contributed by atoms with Gasteiger partial charge in [0, 0.05) is 17.3 Å². The third kappa shape index (κ3) is 3.90. The zero-order chi connectivity index (χ0) is 18.0. The number of amides is 1. The maximum atomic E-state index is 12.6. The second-order valence-electron chi connectivity index (χ2n) is 6.71. The van der Waals surface area contributed by atoms with E-state index >= 15 is 0 Å². The van der Waals surface area contributed by atoms with Crippen LogP contribution in [0.25, 0.3) is 0 Å². The van der Waals surface area contributed by atoms with Crippen molar-refractivity contribution in [2.24, 2.45) is 5.92 Å². The lowest BCUT2D eigenvalue weighted by Crippen LogP contribution is -2.18. The van der Waals surface area contributed by atoms with Crippen molar-refractivity contribution in [3.8, 4) is 0 Å². The predicted molar refractivity (Wildman–Crippen MR) is 98.2 cm³/mol. The Kier molecular flexibility index (Phi) is 5.18. The van der Waals surface area contributed by atoms with Crippen LogP contribution < -0.4 is 5.32 Å². The second-order valence-corrected chi connectivity index (χ2v) is 7.81. The molecule has 132 valence electrons. The van der Waals surface area contributed by atoms with Crippen molar-refractivity contribution in [1.82, 2.24) is 4.98 Å². The number of nitrogens with zero attached hydrogens (tertiary/aromatic N) is 1. The molecular formula is C19H22N2O3S. The van der Waals surface area contributed by atoms with E-state index in [0.717, 1.165) is 24.8 Å². The number of rotatable bonds is 4. The van der Waals surface area contributed by atoms with Gasteiger partial charge in [-0.05, 0) is 56.7 Å². The number of pyridine rings is 1. The number of carbonyl (C=O) groups excluding carboxylic acids is 2. The average Bonchev–Trinajstić information content (AvgIpc) is 2.91. The van der Waals surface area contributed by atoms with E-state index in [1.807, 2.05) is 13.8 Å². The Hall–Kier alpha value is -2.21. The van der Waals surface area contributed by atoms with E-state index < -0.39 is 0 Å². The summed E-state index contributed by atoms with van der Waals surface area (Å²) in [4.78, 5) is 30.3. The summed E-state index contributed by atoms with van der Waals surface area (Å²) in [6, 6.07) is 3.41. The summed E-state index contributed by atoms with van der Waals surface area (Å²) in [7, 11) is 0. The molecule has 1 amide bonds. The Morgan fingerprint density at radius 3 is 2.88 bits per heavy atom. The summed E-state index contributed by atoms with van der Waals surface area (Å²) < 4.78 is 5.42. The molecule has 0 aromatic carbocycles. The van der Waals surface area contributed by atoms with E-state index in [-0.39, 0.29) is 18.0 Å². The summed E-state index contributed by atoms with van der Waals surface area (Å²) in [5.41, 5.74) is 2.03. The molecule has 25 heavy (non-hydrogen) atoms. The minimum atomic E-state index is -0.358. The molecule has 0 saturated heterocycles.